The van der Waals surface area contributed by atoms with E-state index in [0.717, 1.165) is 117 Å². The van der Waals surface area contributed by atoms with E-state index >= 15 is 0 Å². The number of aliphatic hydroxyl groups excluding tert-OH is 5. The maximum atomic E-state index is 14.2. The molecule has 9 fully saturated rings. The topological polar surface area (TPSA) is 433 Å². The molecule has 5 aliphatic heterocycles. The summed E-state index contributed by atoms with van der Waals surface area (Å²) in [5.41, 5.74) is 4.71. The first kappa shape index (κ1) is 106. The molecule has 140 heavy (non-hydrogen) atoms. The number of nitrogens with one attached hydrogen (secondary N) is 8. The lowest BCUT2D eigenvalue weighted by atomic mass is 10.0. The van der Waals surface area contributed by atoms with E-state index in [-0.39, 0.29) is 132 Å². The predicted molar refractivity (Wildman–Crippen MR) is 527 cm³/mol. The zero-order chi connectivity index (χ0) is 101. The number of fused-ring (bicyclic) bond motifs is 2. The van der Waals surface area contributed by atoms with E-state index in [4.69, 9.17) is 0 Å². The number of thiazole rings is 4. The van der Waals surface area contributed by atoms with Crippen LogP contribution in [0.5, 0.6) is 0 Å². The minimum Gasteiger partial charge on any atom is -0.393 e. The third-order valence-corrected chi connectivity index (χ3v) is 31.0. The number of aryl methyl sites for hydroxylation is 3. The second-order valence-corrected chi connectivity index (χ2v) is 44.7. The molecule has 0 aromatic carbocycles. The summed E-state index contributed by atoms with van der Waals surface area (Å²) >= 11 is 4.32. The van der Waals surface area contributed by atoms with Crippen molar-refractivity contribution >= 4 is 110 Å². The minimum atomic E-state index is -2.96. The van der Waals surface area contributed by atoms with Crippen LogP contribution in [0.3, 0.4) is 0 Å². The molecule has 9 aliphatic rings. The van der Waals surface area contributed by atoms with Crippen molar-refractivity contribution in [2.75, 3.05) is 40.9 Å². The van der Waals surface area contributed by atoms with Crippen LogP contribution < -0.4 is 42.5 Å². The average molecular weight is 2020 g/mol. The van der Waals surface area contributed by atoms with Crippen molar-refractivity contribution in [1.82, 2.24) is 80.7 Å². The number of likely N-dealkylation sites (tertiary alicyclic amines) is 3. The van der Waals surface area contributed by atoms with Gasteiger partial charge < -0.3 is 82.8 Å². The Morgan fingerprint density at radius 2 is 0.764 bits per heavy atom. The Labute approximate surface area is 827 Å². The highest BCUT2D eigenvalue weighted by atomic mass is 32.1. The number of aliphatic hydroxyl groups is 5. The summed E-state index contributed by atoms with van der Waals surface area (Å²) in [4.78, 5) is 136. The van der Waals surface area contributed by atoms with Crippen molar-refractivity contribution < 1.29 is 85.4 Å². The molecular weight excluding hydrogens is 1890 g/mol. The van der Waals surface area contributed by atoms with E-state index in [1.807, 2.05) is 104 Å². The SMILES string of the molecule is C[C@H]1CCCN1C(O)c1nc(C(=O)N[C@H]2CC[C@H](O)C2)sc1-c1cnc(NC(C)(C)C)cc1C(F)F.Cc1cc(NC(C)C)ncc1-c1sc(C(=O)N[C@@H]2CC[C@@H](O)C2)nc1C(=O)N1CC(F)(F)C[C@@H]1C.Cc1cc(NC(C)C)ncc1-c1sc(C(=O)N[C@H]2CC[C@H](O)C2)nc1C(=O)N1C2CCC1CC2.Cc1cc(NC(C)C)ncc1-c1sc(C(=O)N[C@H]2CC[C@H](O)C2)nc1C(=O)N1CC(F)(F)C[C@@H]1C. The number of anilines is 4. The van der Waals surface area contributed by atoms with Crippen LogP contribution in [0, 0.1) is 20.8 Å². The van der Waals surface area contributed by atoms with Crippen LogP contribution in [0.1, 0.15) is 323 Å². The van der Waals surface area contributed by atoms with Crippen LogP contribution in [0.4, 0.5) is 49.6 Å². The molecule has 5 saturated heterocycles. The molecule has 7 amide bonds. The van der Waals surface area contributed by atoms with Gasteiger partial charge in [-0.1, -0.05) is 0 Å². The largest absolute Gasteiger partial charge is 0.393 e. The van der Waals surface area contributed by atoms with E-state index in [9.17, 15) is 85.4 Å². The van der Waals surface area contributed by atoms with Gasteiger partial charge in [-0.3, -0.25) is 38.5 Å². The van der Waals surface area contributed by atoms with E-state index < -0.39 is 110 Å². The number of halogens is 6. The van der Waals surface area contributed by atoms with Crippen molar-refractivity contribution in [3.05, 3.63) is 114 Å². The summed E-state index contributed by atoms with van der Waals surface area (Å²) in [7, 11) is 0. The fraction of sp³-hybridized carbons (Fsp3) is 0.602. The fourth-order valence-corrected chi connectivity index (χ4v) is 24.0. The van der Waals surface area contributed by atoms with Crippen LogP contribution in [0.2, 0.25) is 0 Å². The Morgan fingerprint density at radius 1 is 0.436 bits per heavy atom. The van der Waals surface area contributed by atoms with Crippen LogP contribution in [0.25, 0.3) is 41.8 Å². The van der Waals surface area contributed by atoms with E-state index in [1.165, 1.54) is 23.6 Å². The Morgan fingerprint density at radius 3 is 1.06 bits per heavy atom. The third kappa shape index (κ3) is 25.8. The van der Waals surface area contributed by atoms with Crippen molar-refractivity contribution in [2.24, 2.45) is 0 Å². The summed E-state index contributed by atoms with van der Waals surface area (Å²) in [5, 5.41) is 75.4. The van der Waals surface area contributed by atoms with Gasteiger partial charge in [-0.25, -0.2) is 66.2 Å². The number of alkyl halides is 6. The highest BCUT2D eigenvalue weighted by molar-refractivity contribution is 7.18. The van der Waals surface area contributed by atoms with Gasteiger partial charge in [-0.05, 0) is 260 Å². The fourth-order valence-electron chi connectivity index (χ4n) is 19.9. The first-order valence-electron chi connectivity index (χ1n) is 48.5. The number of carbonyl (C=O) groups excluding carboxylic acids is 7. The predicted octanol–water partition coefficient (Wildman–Crippen LogP) is 15.9. The average Bonchev–Trinajstić information content (AvgIpc) is 1.66. The zero-order valence-electron chi connectivity index (χ0n) is 81.6. The second-order valence-electron chi connectivity index (χ2n) is 40.7. The molecule has 42 heteroatoms. The summed E-state index contributed by atoms with van der Waals surface area (Å²) in [6, 6.07) is 6.36. The number of carbonyl (C=O) groups is 7. The molecule has 8 aromatic heterocycles. The number of amides is 7. The molecule has 0 spiro atoms. The summed E-state index contributed by atoms with van der Waals surface area (Å²) in [6.07, 6.45) is 13.1. The number of pyridine rings is 4. The molecule has 17 rings (SSSR count). The standard InChI is InChI=1S/C25H35F2N5O3S.C25H33N5O3S.2C24H31F2N5O3S/c1-13-6-5-9-32(13)24(35)19-20(36-23(30-19)22(34)29-14-7-8-15(33)10-14)17-12-28-18(31-25(2,3)4)11-16(17)21(26)27;1-13(2)27-20-10-14(3)19(12-26-20)22-21(25(33)30-16-5-6-17(30)8-7-16)29-24(34-22)23(32)28-15-4-9-18(31)11-15;2*1-12(2)28-18-7-13(3)17(10-27-18)20-19(23(34)31-11-24(25,26)9-14(31)4)30-22(35-20)21(33)29-15-5-6-16(32)8-15/h11-15,21,24,33,35H,5-10H2,1-4H3,(H,28,31)(H,29,34);10,12-13,15-18,31H,4-9,11H2,1-3H3,(H,26,27)(H,28,32);2*7,10,12,14-16,32H,5-6,8-9,11H2,1-4H3,(H,27,28)(H,29,33)/t13-,14-,15-,24?;15-,16?,17?,18-;14-,15+,16+;14-,15-,16-/m0000/s1. The molecule has 8 aromatic rings. The van der Waals surface area contributed by atoms with Gasteiger partial charge in [0.2, 0.25) is 0 Å². The molecular formula is C98H130F6N20O12S4. The molecule has 13 heterocycles. The van der Waals surface area contributed by atoms with E-state index in [1.54, 1.807) is 32.4 Å². The van der Waals surface area contributed by atoms with Crippen LogP contribution >= 0.6 is 45.3 Å². The van der Waals surface area contributed by atoms with Gasteiger partial charge >= 0.3 is 0 Å². The van der Waals surface area contributed by atoms with E-state index in [2.05, 4.69) is 96.3 Å². The normalized spacial score (nSPS) is 24.2. The smallest absolute Gasteiger partial charge is 0.280 e. The minimum absolute atomic E-state index is 0.0226. The number of rotatable bonds is 25. The third-order valence-electron chi connectivity index (χ3n) is 26.6. The van der Waals surface area contributed by atoms with Crippen molar-refractivity contribution in [2.45, 2.75) is 359 Å². The number of nitrogens with zero attached hydrogens (tertiary/aromatic N) is 12. The van der Waals surface area contributed by atoms with Crippen LogP contribution in [0.15, 0.2) is 49.1 Å². The van der Waals surface area contributed by atoms with Crippen molar-refractivity contribution in [1.29, 1.82) is 0 Å². The maximum absolute atomic E-state index is 14.2. The lowest BCUT2D eigenvalue weighted by molar-refractivity contribution is -0.00525. The maximum Gasteiger partial charge on any atom is 0.280 e. The van der Waals surface area contributed by atoms with Gasteiger partial charge in [-0.2, -0.15) is 0 Å². The first-order valence-corrected chi connectivity index (χ1v) is 51.8. The zero-order valence-corrected chi connectivity index (χ0v) is 84.9. The Hall–Kier alpha value is -10.1. The molecule has 2 bridgehead atoms. The molecule has 32 nitrogen and oxygen atoms in total. The number of hydrogen-bond donors (Lipinski definition) is 13. The monoisotopic (exact) mass is 2020 g/mol. The number of hydrogen-bond acceptors (Lipinski definition) is 29. The lowest BCUT2D eigenvalue weighted by Gasteiger charge is -2.27. The van der Waals surface area contributed by atoms with Gasteiger partial charge in [0.15, 0.2) is 26.3 Å². The summed E-state index contributed by atoms with van der Waals surface area (Å²) in [6.45, 7) is 28.0. The molecule has 760 valence electrons. The van der Waals surface area contributed by atoms with Gasteiger partial charge in [0.05, 0.1) is 57.0 Å². The first-order chi connectivity index (χ1) is 66.1. The molecule has 12 atom stereocenters. The molecule has 13 N–H and O–H groups in total. The van der Waals surface area contributed by atoms with E-state index in [0.29, 0.717) is 131 Å². The molecule has 4 saturated carbocycles. The van der Waals surface area contributed by atoms with Crippen molar-refractivity contribution in [3.8, 4) is 41.8 Å². The van der Waals surface area contributed by atoms with Gasteiger partial charge in [0.25, 0.3) is 59.6 Å². The Kier molecular flexibility index (Phi) is 33.6. The van der Waals surface area contributed by atoms with Crippen LogP contribution in [-0.4, -0.2) is 260 Å². The van der Waals surface area contributed by atoms with Crippen LogP contribution in [-0.2, 0) is 0 Å². The molecule has 4 aliphatic carbocycles. The second kappa shape index (κ2) is 44.4. The highest BCUT2D eigenvalue weighted by Gasteiger charge is 2.50. The van der Waals surface area contributed by atoms with Gasteiger partial charge in [-0.15, -0.1) is 45.3 Å². The Balaban J connectivity index is 0.000000149. The summed E-state index contributed by atoms with van der Waals surface area (Å²) < 4.78 is 84.6. The van der Waals surface area contributed by atoms with Crippen molar-refractivity contribution in [3.63, 3.8) is 0 Å². The Bertz CT molecular complexity index is 5620. The lowest BCUT2D eigenvalue weighted by Crippen LogP contribution is -2.36. The highest BCUT2D eigenvalue weighted by Crippen LogP contribution is 2.47. The molecule has 1 unspecified atom stereocenters. The summed E-state index contributed by atoms with van der Waals surface area (Å²) in [5.74, 6) is -6.42. The van der Waals surface area contributed by atoms with Gasteiger partial charge in [0.1, 0.15) is 46.0 Å². The quantitative estimate of drug-likeness (QED) is 0.0236. The number of aromatic nitrogens is 8. The van der Waals surface area contributed by atoms with Gasteiger partial charge in [0, 0.05) is 150 Å². The molecule has 0 radical (unpaired) electrons.